The summed E-state index contributed by atoms with van der Waals surface area (Å²) in [6.45, 7) is 2.52. The first kappa shape index (κ1) is 9.41. The van der Waals surface area contributed by atoms with E-state index in [1.54, 1.807) is 0 Å². The molecule has 3 fully saturated rings. The van der Waals surface area contributed by atoms with Crippen molar-refractivity contribution >= 4 is 0 Å². The molecule has 1 heteroatoms. The van der Waals surface area contributed by atoms with Crippen molar-refractivity contribution in [2.24, 2.45) is 5.92 Å². The molecule has 2 saturated heterocycles. The molecule has 0 spiro atoms. The number of fused-ring (bicyclic) bond motifs is 3. The van der Waals surface area contributed by atoms with Gasteiger partial charge in [0.15, 0.2) is 0 Å². The van der Waals surface area contributed by atoms with Gasteiger partial charge in [-0.15, -0.1) is 0 Å². The molecular formula is C14H19N. The predicted octanol–water partition coefficient (Wildman–Crippen LogP) is 3.06. The largest absolute Gasteiger partial charge is 0.296 e. The highest BCUT2D eigenvalue weighted by molar-refractivity contribution is 5.15. The monoisotopic (exact) mass is 201 g/mol. The van der Waals surface area contributed by atoms with E-state index in [0.29, 0.717) is 0 Å². The first-order valence-electron chi connectivity index (χ1n) is 6.20. The van der Waals surface area contributed by atoms with Crippen molar-refractivity contribution in [1.29, 1.82) is 0 Å². The average molecular weight is 201 g/mol. The van der Waals surface area contributed by atoms with Crippen LogP contribution >= 0.6 is 0 Å². The van der Waals surface area contributed by atoms with E-state index in [2.05, 4.69) is 35.2 Å². The summed E-state index contributed by atoms with van der Waals surface area (Å²) >= 11 is 0. The Kier molecular flexibility index (Phi) is 2.49. The Balaban J connectivity index is 1.69. The van der Waals surface area contributed by atoms with E-state index in [4.69, 9.17) is 0 Å². The number of rotatable bonds is 2. The van der Waals surface area contributed by atoms with Gasteiger partial charge in [-0.05, 0) is 37.2 Å². The lowest BCUT2D eigenvalue weighted by molar-refractivity contribution is 0.0426. The zero-order valence-corrected chi connectivity index (χ0v) is 9.23. The van der Waals surface area contributed by atoms with Crippen LogP contribution in [0.2, 0.25) is 0 Å². The lowest BCUT2D eigenvalue weighted by atomic mass is 9.80. The van der Waals surface area contributed by atoms with Crippen LogP contribution in [0, 0.1) is 5.92 Å². The van der Waals surface area contributed by atoms with Crippen molar-refractivity contribution in [3.63, 3.8) is 0 Å². The molecule has 4 rings (SSSR count). The van der Waals surface area contributed by atoms with Gasteiger partial charge >= 0.3 is 0 Å². The number of benzene rings is 1. The fourth-order valence-electron chi connectivity index (χ4n) is 3.18. The highest BCUT2D eigenvalue weighted by Gasteiger charge is 2.33. The van der Waals surface area contributed by atoms with Crippen molar-refractivity contribution in [3.8, 4) is 0 Å². The molecule has 2 heterocycles. The van der Waals surface area contributed by atoms with Gasteiger partial charge in [0.1, 0.15) is 0 Å². The zero-order valence-electron chi connectivity index (χ0n) is 9.23. The summed E-state index contributed by atoms with van der Waals surface area (Å²) in [6, 6.07) is 11.8. The highest BCUT2D eigenvalue weighted by atomic mass is 15.2. The number of hydrogen-bond donors (Lipinski definition) is 0. The van der Waals surface area contributed by atoms with Crippen LogP contribution in [0.25, 0.3) is 0 Å². The van der Waals surface area contributed by atoms with Crippen LogP contribution in [0.3, 0.4) is 0 Å². The Hall–Kier alpha value is -0.820. The van der Waals surface area contributed by atoms with Gasteiger partial charge in [0.2, 0.25) is 0 Å². The quantitative estimate of drug-likeness (QED) is 0.711. The summed E-state index contributed by atoms with van der Waals surface area (Å²) < 4.78 is 0. The fourth-order valence-corrected chi connectivity index (χ4v) is 3.18. The van der Waals surface area contributed by atoms with E-state index >= 15 is 0 Å². The van der Waals surface area contributed by atoms with Crippen LogP contribution in [-0.4, -0.2) is 17.5 Å². The maximum Gasteiger partial charge on any atom is 0.0236 e. The first-order chi connectivity index (χ1) is 7.42. The van der Waals surface area contributed by atoms with Crippen LogP contribution in [0.4, 0.5) is 0 Å². The Morgan fingerprint density at radius 2 is 1.73 bits per heavy atom. The van der Waals surface area contributed by atoms with E-state index < -0.39 is 0 Å². The van der Waals surface area contributed by atoms with Crippen LogP contribution < -0.4 is 0 Å². The Morgan fingerprint density at radius 3 is 2.33 bits per heavy atom. The van der Waals surface area contributed by atoms with Gasteiger partial charge in [-0.25, -0.2) is 0 Å². The van der Waals surface area contributed by atoms with E-state index in [1.807, 2.05) is 0 Å². The van der Waals surface area contributed by atoms with Gasteiger partial charge in [0.25, 0.3) is 0 Å². The molecule has 2 aliphatic heterocycles. The molecule has 80 valence electrons. The normalized spacial score (nSPS) is 30.7. The van der Waals surface area contributed by atoms with Gasteiger partial charge in [-0.3, -0.25) is 4.90 Å². The van der Waals surface area contributed by atoms with E-state index in [9.17, 15) is 0 Å². The third-order valence-corrected chi connectivity index (χ3v) is 4.05. The smallest absolute Gasteiger partial charge is 0.0236 e. The molecule has 1 aromatic carbocycles. The van der Waals surface area contributed by atoms with Gasteiger partial charge in [0, 0.05) is 19.1 Å². The SMILES string of the molecule is c1ccc(CN2CC3CCC2CC3)cc1. The third kappa shape index (κ3) is 1.93. The molecule has 1 aromatic rings. The molecule has 0 aromatic heterocycles. The Bertz CT molecular complexity index is 311. The molecule has 1 nitrogen and oxygen atoms in total. The Morgan fingerprint density at radius 1 is 1.00 bits per heavy atom. The maximum absolute atomic E-state index is 2.70. The second-order valence-corrected chi connectivity index (χ2v) is 5.09. The number of nitrogens with zero attached hydrogens (tertiary/aromatic N) is 1. The van der Waals surface area contributed by atoms with Crippen molar-refractivity contribution in [2.45, 2.75) is 38.3 Å². The summed E-state index contributed by atoms with van der Waals surface area (Å²) in [6.07, 6.45) is 5.85. The molecular weight excluding hydrogens is 182 g/mol. The van der Waals surface area contributed by atoms with Crippen LogP contribution in [0.1, 0.15) is 31.2 Å². The van der Waals surface area contributed by atoms with Crippen molar-refractivity contribution < 1.29 is 0 Å². The topological polar surface area (TPSA) is 3.24 Å². The van der Waals surface area contributed by atoms with Crippen LogP contribution in [0.5, 0.6) is 0 Å². The second kappa shape index (κ2) is 3.97. The van der Waals surface area contributed by atoms with Crippen LogP contribution in [0.15, 0.2) is 30.3 Å². The molecule has 2 bridgehead atoms. The van der Waals surface area contributed by atoms with Gasteiger partial charge in [-0.1, -0.05) is 30.3 Å². The lowest BCUT2D eigenvalue weighted by Crippen LogP contribution is -2.47. The van der Waals surface area contributed by atoms with E-state index in [0.717, 1.165) is 12.0 Å². The molecule has 0 amide bonds. The summed E-state index contributed by atoms with van der Waals surface area (Å²) in [4.78, 5) is 2.70. The summed E-state index contributed by atoms with van der Waals surface area (Å²) in [5, 5.41) is 0. The van der Waals surface area contributed by atoms with E-state index in [1.165, 1.54) is 44.3 Å². The number of hydrogen-bond acceptors (Lipinski definition) is 1. The van der Waals surface area contributed by atoms with Gasteiger partial charge in [-0.2, -0.15) is 0 Å². The molecule has 1 saturated carbocycles. The summed E-state index contributed by atoms with van der Waals surface area (Å²) in [7, 11) is 0. The minimum Gasteiger partial charge on any atom is -0.296 e. The minimum absolute atomic E-state index is 0.884. The molecule has 3 aliphatic rings. The van der Waals surface area contributed by atoms with Gasteiger partial charge in [0.05, 0.1) is 0 Å². The molecule has 0 N–H and O–H groups in total. The number of piperidine rings is 2. The molecule has 1 aliphatic carbocycles. The highest BCUT2D eigenvalue weighted by Crippen LogP contribution is 2.35. The summed E-state index contributed by atoms with van der Waals surface area (Å²) in [5.41, 5.74) is 1.48. The van der Waals surface area contributed by atoms with Crippen molar-refractivity contribution in [3.05, 3.63) is 35.9 Å². The van der Waals surface area contributed by atoms with E-state index in [-0.39, 0.29) is 0 Å². The third-order valence-electron chi connectivity index (χ3n) is 4.05. The van der Waals surface area contributed by atoms with Gasteiger partial charge < -0.3 is 0 Å². The predicted molar refractivity (Wildman–Crippen MR) is 62.6 cm³/mol. The molecule has 0 unspecified atom stereocenters. The second-order valence-electron chi connectivity index (χ2n) is 5.09. The van der Waals surface area contributed by atoms with Crippen LogP contribution in [-0.2, 0) is 6.54 Å². The first-order valence-corrected chi connectivity index (χ1v) is 6.20. The minimum atomic E-state index is 0.884. The maximum atomic E-state index is 2.70. The summed E-state index contributed by atoms with van der Waals surface area (Å²) in [5.74, 6) is 0.999. The Labute approximate surface area is 92.1 Å². The lowest BCUT2D eigenvalue weighted by Gasteiger charge is -2.45. The fraction of sp³-hybridized carbons (Fsp3) is 0.571. The molecule has 0 radical (unpaired) electrons. The molecule has 0 atom stereocenters. The zero-order chi connectivity index (χ0) is 10.1. The van der Waals surface area contributed by atoms with Crippen molar-refractivity contribution in [2.75, 3.05) is 6.54 Å². The standard InChI is InChI=1S/C14H19N/c1-2-4-12(5-3-1)10-15-11-13-6-8-14(15)9-7-13/h1-5,13-14H,6-11H2. The molecule has 15 heavy (non-hydrogen) atoms. The average Bonchev–Trinajstić information content (AvgIpc) is 2.32. The van der Waals surface area contributed by atoms with Crippen molar-refractivity contribution in [1.82, 2.24) is 4.90 Å².